The minimum absolute atomic E-state index is 0.785. The van der Waals surface area contributed by atoms with E-state index in [9.17, 15) is 0 Å². The Kier molecular flexibility index (Phi) is 3.71. The molecule has 0 N–H and O–H groups in total. The second-order valence-corrected chi connectivity index (χ2v) is 6.69. The van der Waals surface area contributed by atoms with Gasteiger partial charge in [0.25, 0.3) is 0 Å². The van der Waals surface area contributed by atoms with Crippen molar-refractivity contribution in [3.8, 4) is 0 Å². The van der Waals surface area contributed by atoms with Crippen LogP contribution in [0.25, 0.3) is 0 Å². The summed E-state index contributed by atoms with van der Waals surface area (Å²) in [6.07, 6.45) is 5.24. The van der Waals surface area contributed by atoms with Crippen molar-refractivity contribution in [2.24, 2.45) is 5.92 Å². The number of aryl methyl sites for hydroxylation is 1. The van der Waals surface area contributed by atoms with Crippen molar-refractivity contribution in [2.75, 3.05) is 19.6 Å². The molecule has 1 nitrogen and oxygen atoms in total. The molecule has 1 aromatic carbocycles. The van der Waals surface area contributed by atoms with Crippen molar-refractivity contribution in [1.29, 1.82) is 0 Å². The summed E-state index contributed by atoms with van der Waals surface area (Å²) >= 11 is 0. The monoisotopic (exact) mass is 255 g/mol. The first-order chi connectivity index (χ1) is 9.19. The molecule has 102 valence electrons. The number of nitrogens with zero attached hydrogens (tertiary/aromatic N) is 1. The normalized spacial score (nSPS) is 19.6. The van der Waals surface area contributed by atoms with Crippen LogP contribution in [0.2, 0.25) is 13.1 Å². The first kappa shape index (κ1) is 13.2. The SMILES string of the molecule is CCCN1CC(Cc2ccc3c(c2C)B(C)CC3)C1. The van der Waals surface area contributed by atoms with Gasteiger partial charge in [0.05, 0.1) is 0 Å². The fourth-order valence-corrected chi connectivity index (χ4v) is 4.09. The largest absolute Gasteiger partial charge is 0.303 e. The van der Waals surface area contributed by atoms with E-state index >= 15 is 0 Å². The molecule has 1 aromatic rings. The fourth-order valence-electron chi connectivity index (χ4n) is 4.09. The first-order valence-electron chi connectivity index (χ1n) is 8.02. The molecule has 0 radical (unpaired) electrons. The average Bonchev–Trinajstić information content (AvgIpc) is 2.72. The predicted molar refractivity (Wildman–Crippen MR) is 84.9 cm³/mol. The van der Waals surface area contributed by atoms with Crippen molar-refractivity contribution in [2.45, 2.75) is 46.3 Å². The van der Waals surface area contributed by atoms with E-state index in [1.54, 1.807) is 22.2 Å². The lowest BCUT2D eigenvalue weighted by Crippen LogP contribution is -2.47. The van der Waals surface area contributed by atoms with Crippen molar-refractivity contribution in [3.63, 3.8) is 0 Å². The zero-order chi connectivity index (χ0) is 13.4. The van der Waals surface area contributed by atoms with E-state index in [0.717, 1.165) is 12.6 Å². The predicted octanol–water partition coefficient (Wildman–Crippen LogP) is 2.77. The van der Waals surface area contributed by atoms with Crippen molar-refractivity contribution in [1.82, 2.24) is 4.90 Å². The molecule has 0 amide bonds. The minimum atomic E-state index is 0.785. The second kappa shape index (κ2) is 5.32. The van der Waals surface area contributed by atoms with Gasteiger partial charge < -0.3 is 4.90 Å². The van der Waals surface area contributed by atoms with Crippen LogP contribution in [0.5, 0.6) is 0 Å². The number of fused-ring (bicyclic) bond motifs is 1. The van der Waals surface area contributed by atoms with Gasteiger partial charge in [0.1, 0.15) is 0 Å². The molecule has 0 aliphatic carbocycles. The molecule has 0 spiro atoms. The van der Waals surface area contributed by atoms with Crippen LogP contribution >= 0.6 is 0 Å². The van der Waals surface area contributed by atoms with Gasteiger partial charge >= 0.3 is 0 Å². The minimum Gasteiger partial charge on any atom is -0.303 e. The smallest absolute Gasteiger partial charge is 0.173 e. The molecule has 1 saturated heterocycles. The highest BCUT2D eigenvalue weighted by Crippen LogP contribution is 2.25. The third kappa shape index (κ3) is 2.47. The molecule has 0 bridgehead atoms. The molecule has 0 aromatic heterocycles. The maximum absolute atomic E-state index is 2.59. The van der Waals surface area contributed by atoms with Gasteiger partial charge in [-0.25, -0.2) is 0 Å². The maximum Gasteiger partial charge on any atom is 0.173 e. The number of benzene rings is 1. The summed E-state index contributed by atoms with van der Waals surface area (Å²) in [5.74, 6) is 0.903. The van der Waals surface area contributed by atoms with E-state index in [4.69, 9.17) is 0 Å². The van der Waals surface area contributed by atoms with Gasteiger partial charge in [-0.2, -0.15) is 0 Å². The lowest BCUT2D eigenvalue weighted by atomic mass is 9.47. The summed E-state index contributed by atoms with van der Waals surface area (Å²) in [7, 11) is 0. The lowest BCUT2D eigenvalue weighted by Gasteiger charge is -2.39. The van der Waals surface area contributed by atoms with Gasteiger partial charge in [0.15, 0.2) is 6.71 Å². The summed E-state index contributed by atoms with van der Waals surface area (Å²) in [5.41, 5.74) is 6.53. The van der Waals surface area contributed by atoms with Gasteiger partial charge in [-0.05, 0) is 44.2 Å². The third-order valence-electron chi connectivity index (χ3n) is 5.14. The topological polar surface area (TPSA) is 3.24 Å². The third-order valence-corrected chi connectivity index (χ3v) is 5.14. The molecule has 19 heavy (non-hydrogen) atoms. The Hall–Kier alpha value is -0.755. The molecule has 2 heteroatoms. The van der Waals surface area contributed by atoms with Crippen LogP contribution in [0.3, 0.4) is 0 Å². The zero-order valence-electron chi connectivity index (χ0n) is 12.7. The van der Waals surface area contributed by atoms with Crippen LogP contribution in [0.4, 0.5) is 0 Å². The Balaban J connectivity index is 1.68. The Morgan fingerprint density at radius 1 is 1.32 bits per heavy atom. The zero-order valence-corrected chi connectivity index (χ0v) is 12.7. The number of likely N-dealkylation sites (tertiary alicyclic amines) is 1. The van der Waals surface area contributed by atoms with Crippen LogP contribution in [0.15, 0.2) is 12.1 Å². The molecule has 2 aliphatic rings. The van der Waals surface area contributed by atoms with E-state index in [1.165, 1.54) is 45.2 Å². The van der Waals surface area contributed by atoms with Gasteiger partial charge in [-0.3, -0.25) is 0 Å². The molecule has 0 atom stereocenters. The summed E-state index contributed by atoms with van der Waals surface area (Å²) in [6.45, 7) is 11.7. The van der Waals surface area contributed by atoms with Crippen LogP contribution < -0.4 is 5.46 Å². The Bertz CT molecular complexity index is 463. The Morgan fingerprint density at radius 2 is 2.11 bits per heavy atom. The highest BCUT2D eigenvalue weighted by molar-refractivity contribution is 6.74. The molecule has 0 unspecified atom stereocenters. The molecule has 3 rings (SSSR count). The molecule has 2 aliphatic heterocycles. The molecule has 0 saturated carbocycles. The number of hydrogen-bond donors (Lipinski definition) is 0. The van der Waals surface area contributed by atoms with Crippen LogP contribution in [-0.4, -0.2) is 31.2 Å². The highest BCUT2D eigenvalue weighted by atomic mass is 15.2. The second-order valence-electron chi connectivity index (χ2n) is 6.69. The van der Waals surface area contributed by atoms with E-state index in [1.807, 2.05) is 0 Å². The standard InChI is InChI=1S/C17H26BN/c1-4-9-19-11-14(12-19)10-16-6-5-15-7-8-18(3)17(15)13(16)2/h5-6,14H,4,7-12H2,1-3H3. The summed E-state index contributed by atoms with van der Waals surface area (Å²) in [4.78, 5) is 2.59. The molecule has 2 heterocycles. The van der Waals surface area contributed by atoms with Gasteiger partial charge in [0.2, 0.25) is 0 Å². The van der Waals surface area contributed by atoms with Gasteiger partial charge in [-0.1, -0.05) is 48.8 Å². The van der Waals surface area contributed by atoms with Gasteiger partial charge in [0, 0.05) is 13.1 Å². The molecular formula is C17H26BN. The average molecular weight is 255 g/mol. The lowest BCUT2D eigenvalue weighted by molar-refractivity contribution is 0.101. The van der Waals surface area contributed by atoms with Crippen LogP contribution in [0.1, 0.15) is 30.0 Å². The Labute approximate surface area is 118 Å². The Morgan fingerprint density at radius 3 is 2.84 bits per heavy atom. The maximum atomic E-state index is 2.59. The summed E-state index contributed by atoms with van der Waals surface area (Å²) in [5, 5.41) is 0. The van der Waals surface area contributed by atoms with E-state index in [-0.39, 0.29) is 0 Å². The van der Waals surface area contributed by atoms with E-state index in [2.05, 4.69) is 37.7 Å². The van der Waals surface area contributed by atoms with E-state index in [0.29, 0.717) is 0 Å². The quantitative estimate of drug-likeness (QED) is 0.748. The van der Waals surface area contributed by atoms with E-state index < -0.39 is 0 Å². The number of hydrogen-bond acceptors (Lipinski definition) is 1. The number of rotatable bonds is 4. The van der Waals surface area contributed by atoms with Crippen molar-refractivity contribution in [3.05, 3.63) is 28.8 Å². The van der Waals surface area contributed by atoms with Crippen molar-refractivity contribution < 1.29 is 0 Å². The highest BCUT2D eigenvalue weighted by Gasteiger charge is 2.28. The molecule has 1 fully saturated rings. The fraction of sp³-hybridized carbons (Fsp3) is 0.647. The van der Waals surface area contributed by atoms with Crippen molar-refractivity contribution >= 4 is 12.2 Å². The van der Waals surface area contributed by atoms with Gasteiger partial charge in [-0.15, -0.1) is 0 Å². The summed E-state index contributed by atoms with van der Waals surface area (Å²) in [6, 6.07) is 4.82. The first-order valence-corrected chi connectivity index (χ1v) is 8.02. The van der Waals surface area contributed by atoms with Crippen LogP contribution in [-0.2, 0) is 12.8 Å². The van der Waals surface area contributed by atoms with Crippen LogP contribution in [0, 0.1) is 12.8 Å². The molecular weight excluding hydrogens is 229 g/mol. The summed E-state index contributed by atoms with van der Waals surface area (Å²) < 4.78 is 0.